The summed E-state index contributed by atoms with van der Waals surface area (Å²) in [7, 11) is 0. The van der Waals surface area contributed by atoms with Crippen molar-refractivity contribution in [3.05, 3.63) is 44.6 Å². The topological polar surface area (TPSA) is 54.3 Å². The second kappa shape index (κ2) is 6.30. The third-order valence-corrected chi connectivity index (χ3v) is 3.82. The van der Waals surface area contributed by atoms with E-state index in [1.807, 2.05) is 24.6 Å². The Balaban J connectivity index is 2.35. The van der Waals surface area contributed by atoms with Crippen molar-refractivity contribution in [1.29, 1.82) is 0 Å². The van der Waals surface area contributed by atoms with Crippen LogP contribution < -0.4 is 5.32 Å². The van der Waals surface area contributed by atoms with Crippen LogP contribution in [0.1, 0.15) is 30.4 Å². The molecule has 2 N–H and O–H groups in total. The first-order chi connectivity index (χ1) is 9.79. The molecule has 1 heterocycles. The molecule has 0 aliphatic carbocycles. The number of benzene rings is 1. The van der Waals surface area contributed by atoms with Crippen molar-refractivity contribution in [2.45, 2.75) is 19.9 Å². The Labute approximate surface area is 140 Å². The molecule has 112 valence electrons. The van der Waals surface area contributed by atoms with Gasteiger partial charge < -0.3 is 15.0 Å². The lowest BCUT2D eigenvalue weighted by Gasteiger charge is -2.13. The quantitative estimate of drug-likeness (QED) is 0.715. The number of nitrogens with zero attached hydrogens (tertiary/aromatic N) is 1. The van der Waals surface area contributed by atoms with Crippen LogP contribution in [0.25, 0.3) is 0 Å². The van der Waals surface area contributed by atoms with Crippen molar-refractivity contribution in [3.8, 4) is 5.75 Å². The van der Waals surface area contributed by atoms with Crippen LogP contribution >= 0.6 is 39.1 Å². The van der Waals surface area contributed by atoms with Crippen LogP contribution in [0.4, 0.5) is 5.69 Å². The number of rotatable bonds is 3. The Morgan fingerprint density at radius 3 is 2.62 bits per heavy atom. The molecule has 21 heavy (non-hydrogen) atoms. The smallest absolute Gasteiger partial charge is 0.272 e. The first-order valence-corrected chi connectivity index (χ1v) is 7.71. The average molecular weight is 392 g/mol. The molecule has 0 saturated carbocycles. The van der Waals surface area contributed by atoms with E-state index >= 15 is 0 Å². The van der Waals surface area contributed by atoms with Gasteiger partial charge in [0.15, 0.2) is 5.75 Å². The number of hydrogen-bond donors (Lipinski definition) is 2. The van der Waals surface area contributed by atoms with E-state index in [0.29, 0.717) is 10.7 Å². The van der Waals surface area contributed by atoms with E-state index in [-0.39, 0.29) is 28.4 Å². The number of amides is 1. The van der Waals surface area contributed by atoms with Crippen molar-refractivity contribution in [2.75, 3.05) is 5.32 Å². The standard InChI is InChI=1S/C14H13BrCl2N2O2/c1-7(2)19-6-8(15)3-12(19)14(21)18-11-5-9(16)4-10(17)13(11)20/h3-7,20H,1-2H3,(H,18,21). The zero-order chi connectivity index (χ0) is 15.7. The van der Waals surface area contributed by atoms with Crippen LogP contribution in [-0.4, -0.2) is 15.6 Å². The Morgan fingerprint density at radius 2 is 2.00 bits per heavy atom. The number of anilines is 1. The maximum Gasteiger partial charge on any atom is 0.272 e. The third-order valence-electron chi connectivity index (χ3n) is 2.88. The van der Waals surface area contributed by atoms with Gasteiger partial charge in [-0.25, -0.2) is 0 Å². The number of carbonyl (C=O) groups is 1. The van der Waals surface area contributed by atoms with Gasteiger partial charge in [0, 0.05) is 21.7 Å². The predicted octanol–water partition coefficient (Wildman–Crippen LogP) is 5.10. The van der Waals surface area contributed by atoms with Crippen LogP contribution in [0.5, 0.6) is 5.75 Å². The largest absolute Gasteiger partial charge is 0.504 e. The second-order valence-electron chi connectivity index (χ2n) is 4.78. The number of hydrogen-bond acceptors (Lipinski definition) is 2. The van der Waals surface area contributed by atoms with E-state index in [9.17, 15) is 9.90 Å². The first-order valence-electron chi connectivity index (χ1n) is 6.16. The molecule has 0 saturated heterocycles. The maximum absolute atomic E-state index is 12.4. The summed E-state index contributed by atoms with van der Waals surface area (Å²) < 4.78 is 2.62. The number of carbonyl (C=O) groups excluding carboxylic acids is 1. The number of phenolic OH excluding ortho intramolecular Hbond substituents is 1. The summed E-state index contributed by atoms with van der Waals surface area (Å²) in [6, 6.07) is 4.67. The van der Waals surface area contributed by atoms with E-state index in [4.69, 9.17) is 23.2 Å². The highest BCUT2D eigenvalue weighted by Gasteiger charge is 2.17. The fourth-order valence-electron chi connectivity index (χ4n) is 1.90. The Kier molecular flexibility index (Phi) is 4.86. The van der Waals surface area contributed by atoms with Gasteiger partial charge in [0.1, 0.15) is 5.69 Å². The van der Waals surface area contributed by atoms with Gasteiger partial charge in [-0.15, -0.1) is 0 Å². The average Bonchev–Trinajstić information content (AvgIpc) is 2.77. The lowest BCUT2D eigenvalue weighted by molar-refractivity contribution is 0.101. The minimum absolute atomic E-state index is 0.0817. The molecule has 0 fully saturated rings. The normalized spacial score (nSPS) is 11.0. The lowest BCUT2D eigenvalue weighted by atomic mass is 10.2. The minimum atomic E-state index is -0.358. The molecule has 0 unspecified atom stereocenters. The van der Waals surface area contributed by atoms with Gasteiger partial charge in [-0.3, -0.25) is 4.79 Å². The lowest BCUT2D eigenvalue weighted by Crippen LogP contribution is -2.17. The number of aromatic hydroxyl groups is 1. The van der Waals surface area contributed by atoms with Crippen LogP contribution in [0.3, 0.4) is 0 Å². The van der Waals surface area contributed by atoms with Crippen LogP contribution in [-0.2, 0) is 0 Å². The third kappa shape index (κ3) is 3.54. The molecule has 0 spiro atoms. The molecule has 2 aromatic rings. The Hall–Kier alpha value is -1.17. The molecule has 1 aromatic carbocycles. The summed E-state index contributed by atoms with van der Waals surface area (Å²) in [6.45, 7) is 3.94. The van der Waals surface area contributed by atoms with Gasteiger partial charge in [0.25, 0.3) is 5.91 Å². The molecule has 1 aromatic heterocycles. The van der Waals surface area contributed by atoms with Crippen LogP contribution in [0.15, 0.2) is 28.9 Å². The maximum atomic E-state index is 12.4. The summed E-state index contributed by atoms with van der Waals surface area (Å²) in [6.07, 6.45) is 1.82. The highest BCUT2D eigenvalue weighted by molar-refractivity contribution is 9.10. The van der Waals surface area contributed by atoms with E-state index in [1.54, 1.807) is 6.07 Å². The fraction of sp³-hybridized carbons (Fsp3) is 0.214. The van der Waals surface area contributed by atoms with E-state index in [2.05, 4.69) is 21.2 Å². The molecule has 0 aliphatic rings. The van der Waals surface area contributed by atoms with Crippen molar-refractivity contribution in [3.63, 3.8) is 0 Å². The Morgan fingerprint density at radius 1 is 1.33 bits per heavy atom. The zero-order valence-electron chi connectivity index (χ0n) is 11.3. The van der Waals surface area contributed by atoms with Gasteiger partial charge in [0.2, 0.25) is 0 Å². The minimum Gasteiger partial charge on any atom is -0.504 e. The second-order valence-corrected chi connectivity index (χ2v) is 6.54. The van der Waals surface area contributed by atoms with Gasteiger partial charge in [-0.1, -0.05) is 23.2 Å². The predicted molar refractivity (Wildman–Crippen MR) is 88.6 cm³/mol. The van der Waals surface area contributed by atoms with Crippen molar-refractivity contribution < 1.29 is 9.90 Å². The number of nitrogens with one attached hydrogen (secondary N) is 1. The van der Waals surface area contributed by atoms with Crippen LogP contribution in [0, 0.1) is 0 Å². The molecule has 4 nitrogen and oxygen atoms in total. The summed E-state index contributed by atoms with van der Waals surface area (Å²) >= 11 is 15.1. The molecule has 1 amide bonds. The van der Waals surface area contributed by atoms with Gasteiger partial charge in [-0.05, 0) is 48.0 Å². The summed E-state index contributed by atoms with van der Waals surface area (Å²) in [5.41, 5.74) is 0.637. The van der Waals surface area contributed by atoms with E-state index < -0.39 is 0 Å². The summed E-state index contributed by atoms with van der Waals surface area (Å²) in [4.78, 5) is 12.4. The molecule has 0 atom stereocenters. The Bertz CT molecular complexity index is 699. The van der Waals surface area contributed by atoms with Crippen molar-refractivity contribution in [2.24, 2.45) is 0 Å². The first kappa shape index (κ1) is 16.2. The molecular formula is C14H13BrCl2N2O2. The van der Waals surface area contributed by atoms with E-state index in [1.165, 1.54) is 12.1 Å². The number of halogens is 3. The van der Waals surface area contributed by atoms with Gasteiger partial charge in [-0.2, -0.15) is 0 Å². The van der Waals surface area contributed by atoms with E-state index in [0.717, 1.165) is 4.47 Å². The SMILES string of the molecule is CC(C)n1cc(Br)cc1C(=O)Nc1cc(Cl)cc(Cl)c1O. The van der Waals surface area contributed by atoms with Gasteiger partial charge in [0.05, 0.1) is 10.7 Å². The molecule has 0 aliphatic heterocycles. The highest BCUT2D eigenvalue weighted by atomic mass is 79.9. The summed E-state index contributed by atoms with van der Waals surface area (Å²) in [5.74, 6) is -0.570. The van der Waals surface area contributed by atoms with Crippen molar-refractivity contribution >= 4 is 50.7 Å². The molecule has 0 radical (unpaired) electrons. The molecular weight excluding hydrogens is 379 g/mol. The number of phenols is 1. The molecule has 0 bridgehead atoms. The van der Waals surface area contributed by atoms with Gasteiger partial charge >= 0.3 is 0 Å². The highest BCUT2D eigenvalue weighted by Crippen LogP contribution is 2.35. The fourth-order valence-corrected chi connectivity index (χ4v) is 2.83. The monoisotopic (exact) mass is 390 g/mol. The molecule has 7 heteroatoms. The van der Waals surface area contributed by atoms with Crippen LogP contribution in [0.2, 0.25) is 10.0 Å². The number of aromatic nitrogens is 1. The zero-order valence-corrected chi connectivity index (χ0v) is 14.4. The van der Waals surface area contributed by atoms with Crippen molar-refractivity contribution in [1.82, 2.24) is 4.57 Å². The molecule has 2 rings (SSSR count). The summed E-state index contributed by atoms with van der Waals surface area (Å²) in [5, 5.41) is 12.9.